The molecular weight excluding hydrogens is 380 g/mol. The zero-order chi connectivity index (χ0) is 16.9. The molecule has 1 aromatic rings. The van der Waals surface area contributed by atoms with Gasteiger partial charge in [-0.2, -0.15) is 0 Å². The minimum Gasteiger partial charge on any atom is -0.490 e. The topological polar surface area (TPSA) is 18.5 Å². The largest absolute Gasteiger partial charge is 0.490 e. The van der Waals surface area contributed by atoms with E-state index in [1.807, 2.05) is 18.2 Å². The van der Waals surface area contributed by atoms with E-state index in [0.29, 0.717) is 40.6 Å². The first kappa shape index (κ1) is 20.0. The van der Waals surface area contributed by atoms with Gasteiger partial charge in [0.05, 0.1) is 11.6 Å². The third-order valence-corrected chi connectivity index (χ3v) is 11.2. The predicted molar refractivity (Wildman–Crippen MR) is 102 cm³/mol. The van der Waals surface area contributed by atoms with Gasteiger partial charge in [0.25, 0.3) is 0 Å². The van der Waals surface area contributed by atoms with Crippen molar-refractivity contribution in [2.75, 3.05) is 13.2 Å². The van der Waals surface area contributed by atoms with Gasteiger partial charge in [-0.25, -0.2) is 0 Å². The lowest BCUT2D eigenvalue weighted by molar-refractivity contribution is 0.198. The van der Waals surface area contributed by atoms with Gasteiger partial charge in [0, 0.05) is 4.47 Å². The van der Waals surface area contributed by atoms with Crippen LogP contribution in [-0.4, -0.2) is 21.5 Å². The normalized spacial score (nSPS) is 12.5. The lowest BCUT2D eigenvalue weighted by Gasteiger charge is -2.42. The number of hydrogen-bond donors (Lipinski definition) is 0. The van der Waals surface area contributed by atoms with Gasteiger partial charge in [-0.3, -0.25) is 0 Å². The number of hydrogen-bond acceptors (Lipinski definition) is 2. The smallest absolute Gasteiger partial charge is 0.200 e. The van der Waals surface area contributed by atoms with Gasteiger partial charge < -0.3 is 9.16 Å². The Morgan fingerprint density at radius 3 is 2.00 bits per heavy atom. The van der Waals surface area contributed by atoms with E-state index < -0.39 is 8.32 Å². The highest BCUT2D eigenvalue weighted by molar-refractivity contribution is 9.10. The average Bonchev–Trinajstić information content (AvgIpc) is 2.39. The van der Waals surface area contributed by atoms with Gasteiger partial charge in [0.1, 0.15) is 12.4 Å². The molecule has 0 saturated heterocycles. The molecule has 0 bridgehead atoms. The third-order valence-electron chi connectivity index (χ3n) is 4.29. The van der Waals surface area contributed by atoms with Crippen molar-refractivity contribution < 1.29 is 9.16 Å². The van der Waals surface area contributed by atoms with Crippen LogP contribution < -0.4 is 4.74 Å². The molecule has 1 aromatic carbocycles. The van der Waals surface area contributed by atoms with Crippen molar-refractivity contribution in [3.05, 3.63) is 27.7 Å². The zero-order valence-electron chi connectivity index (χ0n) is 14.5. The van der Waals surface area contributed by atoms with Crippen LogP contribution in [0.3, 0.4) is 0 Å². The van der Waals surface area contributed by atoms with Gasteiger partial charge >= 0.3 is 0 Å². The molecule has 0 N–H and O–H groups in total. The van der Waals surface area contributed by atoms with E-state index in [-0.39, 0.29) is 0 Å². The maximum Gasteiger partial charge on any atom is 0.200 e. The second-order valence-corrected chi connectivity index (χ2v) is 13.4. The van der Waals surface area contributed by atoms with Crippen molar-refractivity contribution in [3.8, 4) is 5.75 Å². The summed E-state index contributed by atoms with van der Waals surface area (Å²) in [7, 11) is -1.81. The fourth-order valence-corrected chi connectivity index (χ4v) is 9.63. The number of rotatable bonds is 8. The van der Waals surface area contributed by atoms with Crippen LogP contribution in [0.1, 0.15) is 41.5 Å². The van der Waals surface area contributed by atoms with E-state index >= 15 is 0 Å². The number of benzene rings is 1. The Morgan fingerprint density at radius 1 is 1.00 bits per heavy atom. The molecule has 0 spiro atoms. The fourth-order valence-electron chi connectivity index (χ4n) is 3.46. The van der Waals surface area contributed by atoms with E-state index in [1.54, 1.807) is 0 Å². The second-order valence-electron chi connectivity index (χ2n) is 6.59. The summed E-state index contributed by atoms with van der Waals surface area (Å²) in [5.74, 6) is 0.708. The van der Waals surface area contributed by atoms with Gasteiger partial charge in [-0.1, -0.05) is 69.1 Å². The summed E-state index contributed by atoms with van der Waals surface area (Å²) < 4.78 is 13.2. The SMILES string of the molecule is CC(C)[Si](OCCOc1ccc(Br)cc1Cl)(C(C)C)C(C)C. The molecule has 5 heteroatoms. The molecule has 0 radical (unpaired) electrons. The van der Waals surface area contributed by atoms with Crippen molar-refractivity contribution in [1.29, 1.82) is 0 Å². The Morgan fingerprint density at radius 2 is 1.55 bits per heavy atom. The number of halogens is 2. The summed E-state index contributed by atoms with van der Waals surface area (Å²) in [4.78, 5) is 0. The highest BCUT2D eigenvalue weighted by Gasteiger charge is 2.44. The van der Waals surface area contributed by atoms with Crippen molar-refractivity contribution in [2.45, 2.75) is 58.2 Å². The van der Waals surface area contributed by atoms with Gasteiger partial charge in [0.15, 0.2) is 8.32 Å². The molecule has 0 atom stereocenters. The monoisotopic (exact) mass is 406 g/mol. The van der Waals surface area contributed by atoms with E-state index in [2.05, 4.69) is 57.5 Å². The van der Waals surface area contributed by atoms with E-state index in [1.165, 1.54) is 0 Å². The maximum absolute atomic E-state index is 6.46. The minimum atomic E-state index is -1.81. The zero-order valence-corrected chi connectivity index (χ0v) is 17.8. The Kier molecular flexibility index (Phi) is 7.93. The maximum atomic E-state index is 6.46. The summed E-state index contributed by atoms with van der Waals surface area (Å²) in [6.07, 6.45) is 0. The van der Waals surface area contributed by atoms with Crippen LogP contribution in [0.2, 0.25) is 21.6 Å². The molecule has 1 rings (SSSR count). The number of ether oxygens (including phenoxy) is 1. The Labute approximate surface area is 149 Å². The quantitative estimate of drug-likeness (QED) is 0.353. The van der Waals surface area contributed by atoms with Crippen LogP contribution in [0.5, 0.6) is 5.75 Å². The third kappa shape index (κ3) is 4.73. The van der Waals surface area contributed by atoms with Gasteiger partial charge in [-0.15, -0.1) is 0 Å². The van der Waals surface area contributed by atoms with Crippen LogP contribution in [0.25, 0.3) is 0 Å². The molecule has 0 saturated carbocycles. The van der Waals surface area contributed by atoms with E-state index in [9.17, 15) is 0 Å². The Hall–Kier alpha value is -0.0331. The summed E-state index contributed by atoms with van der Waals surface area (Å²) >= 11 is 9.56. The predicted octanol–water partition coefficient (Wildman–Crippen LogP) is 6.67. The molecule has 0 aliphatic heterocycles. The first-order valence-electron chi connectivity index (χ1n) is 7.93. The fraction of sp³-hybridized carbons (Fsp3) is 0.647. The van der Waals surface area contributed by atoms with E-state index in [0.717, 1.165) is 4.47 Å². The van der Waals surface area contributed by atoms with Crippen molar-refractivity contribution in [2.24, 2.45) is 0 Å². The molecular formula is C17H28BrClO2Si. The molecule has 126 valence electrons. The lowest BCUT2D eigenvalue weighted by Crippen LogP contribution is -2.48. The average molecular weight is 408 g/mol. The Bertz CT molecular complexity index is 456. The first-order valence-corrected chi connectivity index (χ1v) is 11.2. The molecule has 0 aliphatic carbocycles. The molecule has 0 aliphatic rings. The molecule has 0 fully saturated rings. The lowest BCUT2D eigenvalue weighted by atomic mass is 10.3. The van der Waals surface area contributed by atoms with Crippen LogP contribution >= 0.6 is 27.5 Å². The molecule has 0 aromatic heterocycles. The summed E-state index contributed by atoms with van der Waals surface area (Å²) in [6, 6.07) is 5.65. The molecule has 2 nitrogen and oxygen atoms in total. The van der Waals surface area contributed by atoms with Crippen LogP contribution in [0.15, 0.2) is 22.7 Å². The van der Waals surface area contributed by atoms with E-state index in [4.69, 9.17) is 20.8 Å². The second kappa shape index (κ2) is 8.72. The Balaban J connectivity index is 2.64. The molecule has 22 heavy (non-hydrogen) atoms. The van der Waals surface area contributed by atoms with Crippen molar-refractivity contribution >= 4 is 35.8 Å². The van der Waals surface area contributed by atoms with Crippen LogP contribution in [0, 0.1) is 0 Å². The summed E-state index contributed by atoms with van der Waals surface area (Å²) in [5.41, 5.74) is 1.76. The first-order chi connectivity index (χ1) is 10.2. The van der Waals surface area contributed by atoms with Gasteiger partial charge in [-0.05, 0) is 34.8 Å². The molecule has 0 amide bonds. The standard InChI is InChI=1S/C17H28BrClO2Si/c1-12(2)22(13(3)4,14(5)6)21-10-9-20-17-8-7-15(18)11-16(17)19/h7-8,11-14H,9-10H2,1-6H3. The van der Waals surface area contributed by atoms with Crippen LogP contribution in [0.4, 0.5) is 0 Å². The van der Waals surface area contributed by atoms with Gasteiger partial charge in [0.2, 0.25) is 0 Å². The summed E-state index contributed by atoms with van der Waals surface area (Å²) in [6.45, 7) is 14.9. The summed E-state index contributed by atoms with van der Waals surface area (Å²) in [5, 5.41) is 0.620. The van der Waals surface area contributed by atoms with Crippen molar-refractivity contribution in [3.63, 3.8) is 0 Å². The van der Waals surface area contributed by atoms with Crippen molar-refractivity contribution in [1.82, 2.24) is 0 Å². The molecule has 0 heterocycles. The minimum absolute atomic E-state index is 0.530. The highest BCUT2D eigenvalue weighted by atomic mass is 79.9. The van der Waals surface area contributed by atoms with Crippen LogP contribution in [-0.2, 0) is 4.43 Å². The highest BCUT2D eigenvalue weighted by Crippen LogP contribution is 2.42. The molecule has 0 unspecified atom stereocenters.